The largest absolute Gasteiger partial charge is 0.364 e. The van der Waals surface area contributed by atoms with Crippen LogP contribution in [0.2, 0.25) is 0 Å². The van der Waals surface area contributed by atoms with Crippen LogP contribution in [0.25, 0.3) is 12.2 Å². The molecule has 0 radical (unpaired) electrons. The molecule has 0 atom stereocenters. The van der Waals surface area contributed by atoms with Gasteiger partial charge in [-0.05, 0) is 77.0 Å². The number of H-pyrrole nitrogens is 1. The fourth-order valence-corrected chi connectivity index (χ4v) is 4.92. The SMILES string of the molecule is O=C(/C=C/c1ccc(F)c(Br)c1)NC1(C(=O)NCCc2c[nH]c3c2C=C(F)CC3)CCCC1. The van der Waals surface area contributed by atoms with Crippen molar-refractivity contribution in [2.45, 2.75) is 50.5 Å². The molecule has 2 aromatic rings. The van der Waals surface area contributed by atoms with E-state index in [1.54, 1.807) is 24.3 Å². The first-order valence-corrected chi connectivity index (χ1v) is 11.9. The van der Waals surface area contributed by atoms with Crippen molar-refractivity contribution < 1.29 is 18.4 Å². The standard InChI is InChI=1S/C25H26BrF2N3O2/c26-20-13-16(3-6-21(20)28)4-8-23(32)31-25(10-1-2-11-25)24(33)29-12-9-17-15-30-22-7-5-18(27)14-19(17)22/h3-4,6,8,13-15,30H,1-2,5,7,9-12H2,(H,29,33)(H,31,32)/b8-4+. The van der Waals surface area contributed by atoms with Gasteiger partial charge in [-0.2, -0.15) is 0 Å². The highest BCUT2D eigenvalue weighted by Gasteiger charge is 2.41. The molecule has 5 nitrogen and oxygen atoms in total. The Hall–Kier alpha value is -2.74. The smallest absolute Gasteiger partial charge is 0.245 e. The summed E-state index contributed by atoms with van der Waals surface area (Å²) in [6, 6.07) is 4.47. The molecule has 33 heavy (non-hydrogen) atoms. The molecular weight excluding hydrogens is 492 g/mol. The van der Waals surface area contributed by atoms with Gasteiger partial charge in [0.25, 0.3) is 0 Å². The molecule has 174 valence electrons. The van der Waals surface area contributed by atoms with Crippen LogP contribution in [0.5, 0.6) is 0 Å². The minimum atomic E-state index is -0.936. The third-order valence-corrected chi connectivity index (χ3v) is 6.92. The van der Waals surface area contributed by atoms with E-state index in [0.29, 0.717) is 48.7 Å². The summed E-state index contributed by atoms with van der Waals surface area (Å²) in [6.45, 7) is 0.398. The van der Waals surface area contributed by atoms with Gasteiger partial charge >= 0.3 is 0 Å². The molecule has 3 N–H and O–H groups in total. The molecule has 1 heterocycles. The lowest BCUT2D eigenvalue weighted by Crippen LogP contribution is -2.57. The Balaban J connectivity index is 1.36. The van der Waals surface area contributed by atoms with Crippen molar-refractivity contribution in [1.29, 1.82) is 0 Å². The second-order valence-corrected chi connectivity index (χ2v) is 9.44. The number of nitrogens with one attached hydrogen (secondary N) is 3. The molecule has 2 aliphatic carbocycles. The highest BCUT2D eigenvalue weighted by molar-refractivity contribution is 9.10. The number of amides is 2. The van der Waals surface area contributed by atoms with E-state index >= 15 is 0 Å². The highest BCUT2D eigenvalue weighted by atomic mass is 79.9. The lowest BCUT2D eigenvalue weighted by Gasteiger charge is -2.28. The van der Waals surface area contributed by atoms with Crippen LogP contribution in [-0.2, 0) is 22.4 Å². The second kappa shape index (κ2) is 10.0. The normalized spacial score (nSPS) is 17.0. The van der Waals surface area contributed by atoms with Crippen molar-refractivity contribution in [3.05, 3.63) is 69.0 Å². The molecule has 1 saturated carbocycles. The Morgan fingerprint density at radius 1 is 1.18 bits per heavy atom. The number of benzene rings is 1. The van der Waals surface area contributed by atoms with Gasteiger partial charge in [0.2, 0.25) is 11.8 Å². The molecule has 0 spiro atoms. The van der Waals surface area contributed by atoms with Crippen LogP contribution in [0.3, 0.4) is 0 Å². The number of aromatic nitrogens is 1. The Labute approximate surface area is 199 Å². The number of hydrogen-bond acceptors (Lipinski definition) is 2. The Bertz CT molecular complexity index is 1120. The number of fused-ring (bicyclic) bond motifs is 1. The number of aromatic amines is 1. The Kier molecular flexibility index (Phi) is 7.12. The van der Waals surface area contributed by atoms with Crippen LogP contribution in [0.15, 0.2) is 40.8 Å². The first kappa shape index (κ1) is 23.4. The number of aryl methyl sites for hydroxylation is 1. The fraction of sp³-hybridized carbons (Fsp3) is 0.360. The topological polar surface area (TPSA) is 74.0 Å². The molecule has 1 aromatic heterocycles. The van der Waals surface area contributed by atoms with E-state index in [1.165, 1.54) is 12.1 Å². The number of carbonyl (C=O) groups excluding carboxylic acids is 2. The molecular formula is C25H26BrF2N3O2. The number of rotatable bonds is 7. The Morgan fingerprint density at radius 3 is 2.73 bits per heavy atom. The maximum absolute atomic E-state index is 13.7. The van der Waals surface area contributed by atoms with Gasteiger partial charge in [0.05, 0.1) is 4.47 Å². The molecule has 0 saturated heterocycles. The summed E-state index contributed by atoms with van der Waals surface area (Å²) in [4.78, 5) is 28.8. The van der Waals surface area contributed by atoms with Gasteiger partial charge in [0, 0.05) is 36.5 Å². The van der Waals surface area contributed by atoms with E-state index in [-0.39, 0.29) is 23.5 Å². The van der Waals surface area contributed by atoms with Gasteiger partial charge in [0.15, 0.2) is 0 Å². The van der Waals surface area contributed by atoms with Crippen LogP contribution < -0.4 is 10.6 Å². The summed E-state index contributed by atoms with van der Waals surface area (Å²) in [5.74, 6) is -1.06. The fourth-order valence-electron chi connectivity index (χ4n) is 4.52. The maximum atomic E-state index is 13.7. The predicted octanol–water partition coefficient (Wildman–Crippen LogP) is 4.97. The molecule has 2 aliphatic rings. The zero-order valence-electron chi connectivity index (χ0n) is 18.1. The van der Waals surface area contributed by atoms with E-state index < -0.39 is 5.54 Å². The van der Waals surface area contributed by atoms with Gasteiger partial charge in [-0.25, -0.2) is 8.78 Å². The monoisotopic (exact) mass is 517 g/mol. The van der Waals surface area contributed by atoms with Gasteiger partial charge in [-0.15, -0.1) is 0 Å². The third-order valence-electron chi connectivity index (χ3n) is 6.31. The van der Waals surface area contributed by atoms with E-state index in [9.17, 15) is 18.4 Å². The zero-order valence-corrected chi connectivity index (χ0v) is 19.7. The molecule has 0 aliphatic heterocycles. The summed E-state index contributed by atoms with van der Waals surface area (Å²) in [5.41, 5.74) is 2.61. The van der Waals surface area contributed by atoms with Gasteiger partial charge in [0.1, 0.15) is 17.2 Å². The molecule has 1 aromatic carbocycles. The number of allylic oxidation sites excluding steroid dienone is 1. The number of hydrogen-bond donors (Lipinski definition) is 3. The minimum absolute atomic E-state index is 0.124. The van der Waals surface area contributed by atoms with Crippen molar-refractivity contribution in [1.82, 2.24) is 15.6 Å². The maximum Gasteiger partial charge on any atom is 0.245 e. The predicted molar refractivity (Wildman–Crippen MR) is 127 cm³/mol. The van der Waals surface area contributed by atoms with Crippen molar-refractivity contribution in [2.75, 3.05) is 6.54 Å². The third kappa shape index (κ3) is 5.43. The lowest BCUT2D eigenvalue weighted by molar-refractivity contribution is -0.131. The van der Waals surface area contributed by atoms with Crippen LogP contribution in [0.1, 0.15) is 54.5 Å². The molecule has 2 amide bonds. The minimum Gasteiger partial charge on any atom is -0.364 e. The van der Waals surface area contributed by atoms with Crippen molar-refractivity contribution in [3.8, 4) is 0 Å². The zero-order chi connectivity index (χ0) is 23.4. The first-order valence-electron chi connectivity index (χ1n) is 11.1. The van der Waals surface area contributed by atoms with E-state index in [1.807, 2.05) is 6.20 Å². The molecule has 0 unspecified atom stereocenters. The highest BCUT2D eigenvalue weighted by Crippen LogP contribution is 2.30. The lowest BCUT2D eigenvalue weighted by atomic mass is 9.95. The number of halogens is 3. The number of carbonyl (C=O) groups is 2. The molecule has 4 rings (SSSR count). The summed E-state index contributed by atoms with van der Waals surface area (Å²) >= 11 is 3.13. The van der Waals surface area contributed by atoms with Crippen LogP contribution >= 0.6 is 15.9 Å². The van der Waals surface area contributed by atoms with Crippen LogP contribution in [0, 0.1) is 5.82 Å². The summed E-state index contributed by atoms with van der Waals surface area (Å²) < 4.78 is 27.4. The van der Waals surface area contributed by atoms with E-state index in [0.717, 1.165) is 29.7 Å². The van der Waals surface area contributed by atoms with Gasteiger partial charge < -0.3 is 15.6 Å². The van der Waals surface area contributed by atoms with Crippen LogP contribution in [0.4, 0.5) is 8.78 Å². The molecule has 8 heteroatoms. The Morgan fingerprint density at radius 2 is 1.97 bits per heavy atom. The summed E-state index contributed by atoms with van der Waals surface area (Å²) in [6.07, 6.45) is 10.9. The van der Waals surface area contributed by atoms with E-state index in [2.05, 4.69) is 31.5 Å². The van der Waals surface area contributed by atoms with Crippen molar-refractivity contribution in [2.24, 2.45) is 0 Å². The van der Waals surface area contributed by atoms with Crippen LogP contribution in [-0.4, -0.2) is 28.9 Å². The molecule has 1 fully saturated rings. The quantitative estimate of drug-likeness (QED) is 0.453. The average molecular weight is 518 g/mol. The average Bonchev–Trinajstić information content (AvgIpc) is 3.42. The van der Waals surface area contributed by atoms with E-state index in [4.69, 9.17) is 0 Å². The van der Waals surface area contributed by atoms with Gasteiger partial charge in [-0.1, -0.05) is 18.9 Å². The van der Waals surface area contributed by atoms with Crippen molar-refractivity contribution >= 4 is 39.9 Å². The van der Waals surface area contributed by atoms with Crippen molar-refractivity contribution in [3.63, 3.8) is 0 Å². The molecule has 0 bridgehead atoms. The first-order chi connectivity index (χ1) is 15.9. The van der Waals surface area contributed by atoms with Gasteiger partial charge in [-0.3, -0.25) is 9.59 Å². The second-order valence-electron chi connectivity index (χ2n) is 8.59. The summed E-state index contributed by atoms with van der Waals surface area (Å²) in [7, 11) is 0. The summed E-state index contributed by atoms with van der Waals surface area (Å²) in [5, 5.41) is 5.86.